The van der Waals surface area contributed by atoms with Crippen LogP contribution in [0.5, 0.6) is 0 Å². The second kappa shape index (κ2) is 6.34. The molecule has 0 heterocycles. The van der Waals surface area contributed by atoms with Gasteiger partial charge in [-0.2, -0.15) is 0 Å². The van der Waals surface area contributed by atoms with Crippen molar-refractivity contribution in [2.75, 3.05) is 0 Å². The van der Waals surface area contributed by atoms with E-state index in [-0.39, 0.29) is 11.7 Å². The normalized spacial score (nSPS) is 12.2. The van der Waals surface area contributed by atoms with Crippen LogP contribution in [0.3, 0.4) is 0 Å². The molecule has 1 atom stereocenters. The summed E-state index contributed by atoms with van der Waals surface area (Å²) in [4.78, 5) is 31.5. The number of aldehydes is 1. The molecule has 0 radical (unpaired) electrons. The summed E-state index contributed by atoms with van der Waals surface area (Å²) in [6.45, 7) is 3.62. The monoisotopic (exact) mass is 185 g/mol. The smallest absolute Gasteiger partial charge is 0.207 e. The van der Waals surface area contributed by atoms with Gasteiger partial charge in [0.2, 0.25) is 6.41 Å². The van der Waals surface area contributed by atoms with Crippen LogP contribution in [0.4, 0.5) is 0 Å². The number of rotatable bonds is 7. The van der Waals surface area contributed by atoms with Crippen molar-refractivity contribution in [2.24, 2.45) is 5.92 Å². The fraction of sp³-hybridized carbons (Fsp3) is 0.667. The van der Waals surface area contributed by atoms with E-state index in [0.29, 0.717) is 25.5 Å². The highest BCUT2D eigenvalue weighted by Gasteiger charge is 2.11. The summed E-state index contributed by atoms with van der Waals surface area (Å²) < 4.78 is 0. The molecule has 0 aliphatic rings. The number of Topliss-reactive ketones (excluding diaryl/α,β-unsaturated/α-hetero) is 1. The van der Waals surface area contributed by atoms with Gasteiger partial charge >= 0.3 is 0 Å². The quantitative estimate of drug-likeness (QED) is 0.580. The van der Waals surface area contributed by atoms with Gasteiger partial charge in [0.05, 0.1) is 6.04 Å². The standard InChI is InChI=1S/C9H15NO3/c1-7(2)9(13)4-3-8(5-11)10-6-12/h5-8H,3-4H2,1-2H3,(H,10,12). The molecule has 0 rings (SSSR count). The molecule has 74 valence electrons. The zero-order chi connectivity index (χ0) is 10.3. The highest BCUT2D eigenvalue weighted by molar-refractivity contribution is 5.80. The Hall–Kier alpha value is -1.19. The Bertz CT molecular complexity index is 189. The molecule has 0 aliphatic heterocycles. The number of carbonyl (C=O) groups is 3. The maximum atomic E-state index is 11.1. The van der Waals surface area contributed by atoms with Crippen molar-refractivity contribution in [3.05, 3.63) is 0 Å². The molecule has 0 saturated heterocycles. The zero-order valence-corrected chi connectivity index (χ0v) is 7.95. The first kappa shape index (κ1) is 11.8. The number of ketones is 1. The van der Waals surface area contributed by atoms with E-state index in [9.17, 15) is 14.4 Å². The van der Waals surface area contributed by atoms with Gasteiger partial charge < -0.3 is 10.1 Å². The van der Waals surface area contributed by atoms with Crippen molar-refractivity contribution in [1.29, 1.82) is 0 Å². The van der Waals surface area contributed by atoms with Gasteiger partial charge in [0.15, 0.2) is 0 Å². The van der Waals surface area contributed by atoms with Crippen LogP contribution in [0.25, 0.3) is 0 Å². The van der Waals surface area contributed by atoms with Gasteiger partial charge in [0, 0.05) is 12.3 Å². The highest BCUT2D eigenvalue weighted by atomic mass is 16.1. The van der Waals surface area contributed by atoms with Gasteiger partial charge in [0.1, 0.15) is 12.1 Å². The summed E-state index contributed by atoms with van der Waals surface area (Å²) in [5.41, 5.74) is 0. The average Bonchev–Trinajstić information content (AvgIpc) is 2.11. The zero-order valence-electron chi connectivity index (χ0n) is 7.95. The molecule has 0 aromatic rings. The molecule has 4 heteroatoms. The molecule has 1 N–H and O–H groups in total. The fourth-order valence-corrected chi connectivity index (χ4v) is 0.864. The summed E-state index contributed by atoms with van der Waals surface area (Å²) >= 11 is 0. The first-order chi connectivity index (χ1) is 6.11. The number of nitrogens with one attached hydrogen (secondary N) is 1. The third-order valence-corrected chi connectivity index (χ3v) is 1.79. The molecule has 0 spiro atoms. The summed E-state index contributed by atoms with van der Waals surface area (Å²) in [6.07, 6.45) is 1.84. The average molecular weight is 185 g/mol. The molecule has 13 heavy (non-hydrogen) atoms. The minimum Gasteiger partial charge on any atom is -0.349 e. The topological polar surface area (TPSA) is 63.2 Å². The van der Waals surface area contributed by atoms with Crippen molar-refractivity contribution in [3.8, 4) is 0 Å². The van der Waals surface area contributed by atoms with Crippen molar-refractivity contribution >= 4 is 18.5 Å². The van der Waals surface area contributed by atoms with Crippen LogP contribution in [0.1, 0.15) is 26.7 Å². The predicted molar refractivity (Wildman–Crippen MR) is 48.1 cm³/mol. The number of carbonyl (C=O) groups excluding carboxylic acids is 3. The fourth-order valence-electron chi connectivity index (χ4n) is 0.864. The maximum absolute atomic E-state index is 11.1. The third kappa shape index (κ3) is 5.11. The van der Waals surface area contributed by atoms with Crippen molar-refractivity contribution in [3.63, 3.8) is 0 Å². The third-order valence-electron chi connectivity index (χ3n) is 1.79. The summed E-state index contributed by atoms with van der Waals surface area (Å²) in [5, 5.41) is 2.33. The van der Waals surface area contributed by atoms with Crippen LogP contribution in [-0.4, -0.2) is 24.5 Å². The molecule has 1 amide bonds. The van der Waals surface area contributed by atoms with E-state index in [4.69, 9.17) is 0 Å². The van der Waals surface area contributed by atoms with Gasteiger partial charge in [-0.1, -0.05) is 13.8 Å². The number of amides is 1. The summed E-state index contributed by atoms with van der Waals surface area (Å²) in [5.74, 6) is 0.100. The number of hydrogen-bond acceptors (Lipinski definition) is 3. The van der Waals surface area contributed by atoms with Crippen LogP contribution in [-0.2, 0) is 14.4 Å². The first-order valence-corrected chi connectivity index (χ1v) is 4.29. The summed E-state index contributed by atoms with van der Waals surface area (Å²) in [7, 11) is 0. The van der Waals surface area contributed by atoms with Crippen LogP contribution < -0.4 is 5.32 Å². The lowest BCUT2D eigenvalue weighted by atomic mass is 10.0. The van der Waals surface area contributed by atoms with Crippen molar-refractivity contribution in [1.82, 2.24) is 5.32 Å². The lowest BCUT2D eigenvalue weighted by Gasteiger charge is -2.08. The van der Waals surface area contributed by atoms with Crippen LogP contribution >= 0.6 is 0 Å². The Morgan fingerprint density at radius 3 is 2.38 bits per heavy atom. The Morgan fingerprint density at radius 2 is 2.00 bits per heavy atom. The maximum Gasteiger partial charge on any atom is 0.207 e. The first-order valence-electron chi connectivity index (χ1n) is 4.29. The molecular weight excluding hydrogens is 170 g/mol. The Balaban J connectivity index is 3.77. The SMILES string of the molecule is CC(C)C(=O)CCC(C=O)NC=O. The van der Waals surface area contributed by atoms with Crippen molar-refractivity contribution in [2.45, 2.75) is 32.7 Å². The van der Waals surface area contributed by atoms with Gasteiger partial charge in [-0.15, -0.1) is 0 Å². The van der Waals surface area contributed by atoms with Gasteiger partial charge in [0.25, 0.3) is 0 Å². The van der Waals surface area contributed by atoms with Gasteiger partial charge in [-0.05, 0) is 6.42 Å². The van der Waals surface area contributed by atoms with Crippen LogP contribution in [0.15, 0.2) is 0 Å². The van der Waals surface area contributed by atoms with Crippen molar-refractivity contribution < 1.29 is 14.4 Å². The lowest BCUT2D eigenvalue weighted by Crippen LogP contribution is -2.30. The minimum atomic E-state index is -0.528. The Kier molecular flexibility index (Phi) is 5.76. The predicted octanol–water partition coefficient (Wildman–Crippen LogP) is 0.305. The Labute approximate surface area is 77.7 Å². The molecule has 4 nitrogen and oxygen atoms in total. The van der Waals surface area contributed by atoms with E-state index in [2.05, 4.69) is 5.32 Å². The van der Waals surface area contributed by atoms with E-state index in [1.165, 1.54) is 0 Å². The second-order valence-electron chi connectivity index (χ2n) is 3.19. The molecule has 0 bridgehead atoms. The van der Waals surface area contributed by atoms with Crippen LogP contribution in [0.2, 0.25) is 0 Å². The highest BCUT2D eigenvalue weighted by Crippen LogP contribution is 2.03. The second-order valence-corrected chi connectivity index (χ2v) is 3.19. The largest absolute Gasteiger partial charge is 0.349 e. The van der Waals surface area contributed by atoms with Gasteiger partial charge in [-0.25, -0.2) is 0 Å². The molecule has 0 aromatic carbocycles. The minimum absolute atomic E-state index is 0.0106. The molecule has 0 aliphatic carbocycles. The molecular formula is C9H15NO3. The van der Waals surface area contributed by atoms with E-state index in [1.54, 1.807) is 0 Å². The molecule has 1 unspecified atom stereocenters. The van der Waals surface area contributed by atoms with Gasteiger partial charge in [-0.3, -0.25) is 9.59 Å². The van der Waals surface area contributed by atoms with E-state index in [1.807, 2.05) is 13.8 Å². The summed E-state index contributed by atoms with van der Waals surface area (Å²) in [6, 6.07) is -0.528. The van der Waals surface area contributed by atoms with Crippen LogP contribution in [0, 0.1) is 5.92 Å². The molecule has 0 fully saturated rings. The number of hydrogen-bond donors (Lipinski definition) is 1. The molecule has 0 saturated carbocycles. The Morgan fingerprint density at radius 1 is 1.38 bits per heavy atom. The van der Waals surface area contributed by atoms with E-state index in [0.717, 1.165) is 0 Å². The van der Waals surface area contributed by atoms with E-state index >= 15 is 0 Å². The molecule has 0 aromatic heterocycles. The van der Waals surface area contributed by atoms with E-state index < -0.39 is 6.04 Å². The lowest BCUT2D eigenvalue weighted by molar-refractivity contribution is -0.122.